The van der Waals surface area contributed by atoms with Crippen LogP contribution in [0.15, 0.2) is 17.5 Å². The maximum atomic E-state index is 9.82. The number of phenols is 1. The molecule has 0 spiro atoms. The second-order valence-electron chi connectivity index (χ2n) is 2.91. The molecule has 0 aliphatic rings. The molecule has 1 aromatic carbocycles. The largest absolute Gasteiger partial charge is 0.507 e. The van der Waals surface area contributed by atoms with Crippen LogP contribution in [-0.4, -0.2) is 17.3 Å². The van der Waals surface area contributed by atoms with Gasteiger partial charge in [-0.05, 0) is 6.07 Å². The summed E-state index contributed by atoms with van der Waals surface area (Å²) in [5, 5.41) is 21.3. The first kappa shape index (κ1) is 9.30. The van der Waals surface area contributed by atoms with E-state index in [1.807, 2.05) is 11.4 Å². The van der Waals surface area contributed by atoms with Crippen LogP contribution in [0.3, 0.4) is 0 Å². The molecule has 2 aromatic rings. The summed E-state index contributed by atoms with van der Waals surface area (Å²) in [6, 6.07) is 3.58. The van der Waals surface area contributed by atoms with Crippen molar-refractivity contribution in [1.29, 1.82) is 0 Å². The average Bonchev–Trinajstić information content (AvgIpc) is 2.62. The summed E-state index contributed by atoms with van der Waals surface area (Å²) in [5.41, 5.74) is 0.522. The monoisotopic (exact) mass is 210 g/mol. The maximum Gasteiger partial charge on any atom is 0.141 e. The van der Waals surface area contributed by atoms with Gasteiger partial charge in [-0.15, -0.1) is 11.3 Å². The predicted molar refractivity (Wildman–Crippen MR) is 56.0 cm³/mol. The molecule has 1 heterocycles. The first-order valence-electron chi connectivity index (χ1n) is 4.14. The third-order valence-corrected chi connectivity index (χ3v) is 3.08. The molecule has 2 N–H and O–H groups in total. The van der Waals surface area contributed by atoms with Crippen molar-refractivity contribution in [2.45, 2.75) is 6.61 Å². The van der Waals surface area contributed by atoms with Gasteiger partial charge in [-0.1, -0.05) is 6.07 Å². The zero-order valence-corrected chi connectivity index (χ0v) is 8.47. The van der Waals surface area contributed by atoms with Crippen molar-refractivity contribution in [1.82, 2.24) is 0 Å². The van der Waals surface area contributed by atoms with Crippen molar-refractivity contribution in [3.05, 3.63) is 23.1 Å². The van der Waals surface area contributed by atoms with E-state index in [0.29, 0.717) is 16.7 Å². The summed E-state index contributed by atoms with van der Waals surface area (Å²) in [6.07, 6.45) is 0. The minimum Gasteiger partial charge on any atom is -0.507 e. The summed E-state index contributed by atoms with van der Waals surface area (Å²) in [6.45, 7) is -0.166. The molecule has 14 heavy (non-hydrogen) atoms. The SMILES string of the molecule is COc1csc2ccc(CO)c(O)c12. The lowest BCUT2D eigenvalue weighted by Gasteiger charge is -2.03. The first-order valence-corrected chi connectivity index (χ1v) is 5.02. The van der Waals surface area contributed by atoms with Crippen molar-refractivity contribution in [3.8, 4) is 11.5 Å². The number of hydrogen-bond acceptors (Lipinski definition) is 4. The Bertz CT molecular complexity index is 462. The van der Waals surface area contributed by atoms with E-state index in [-0.39, 0.29) is 12.4 Å². The number of methoxy groups -OCH3 is 1. The smallest absolute Gasteiger partial charge is 0.141 e. The van der Waals surface area contributed by atoms with Gasteiger partial charge in [0.05, 0.1) is 19.1 Å². The minimum absolute atomic E-state index is 0.114. The lowest BCUT2D eigenvalue weighted by Crippen LogP contribution is -1.85. The van der Waals surface area contributed by atoms with Gasteiger partial charge in [0, 0.05) is 15.6 Å². The normalized spacial score (nSPS) is 10.7. The van der Waals surface area contributed by atoms with Crippen molar-refractivity contribution < 1.29 is 14.9 Å². The van der Waals surface area contributed by atoms with Crippen LogP contribution in [-0.2, 0) is 6.61 Å². The van der Waals surface area contributed by atoms with Gasteiger partial charge in [0.15, 0.2) is 0 Å². The molecule has 0 aliphatic carbocycles. The fourth-order valence-corrected chi connectivity index (χ4v) is 2.32. The number of thiophene rings is 1. The molecule has 1 aromatic heterocycles. The minimum atomic E-state index is -0.166. The highest BCUT2D eigenvalue weighted by Crippen LogP contribution is 2.40. The second-order valence-corrected chi connectivity index (χ2v) is 3.82. The number of ether oxygens (including phenoxy) is 1. The summed E-state index contributed by atoms with van der Waals surface area (Å²) in [5.74, 6) is 0.765. The molecule has 0 unspecified atom stereocenters. The van der Waals surface area contributed by atoms with Gasteiger partial charge in [0.2, 0.25) is 0 Å². The van der Waals surface area contributed by atoms with Crippen molar-refractivity contribution >= 4 is 21.4 Å². The summed E-state index contributed by atoms with van der Waals surface area (Å²) >= 11 is 1.51. The molecule has 0 amide bonds. The van der Waals surface area contributed by atoms with E-state index in [1.165, 1.54) is 11.3 Å². The van der Waals surface area contributed by atoms with Crippen molar-refractivity contribution in [2.24, 2.45) is 0 Å². The molecule has 0 bridgehead atoms. The van der Waals surface area contributed by atoms with Gasteiger partial charge >= 0.3 is 0 Å². The van der Waals surface area contributed by atoms with Crippen molar-refractivity contribution in [2.75, 3.05) is 7.11 Å². The van der Waals surface area contributed by atoms with E-state index >= 15 is 0 Å². The highest BCUT2D eigenvalue weighted by molar-refractivity contribution is 7.17. The van der Waals surface area contributed by atoms with Crippen LogP contribution in [0.5, 0.6) is 11.5 Å². The third kappa shape index (κ3) is 1.23. The second kappa shape index (κ2) is 3.48. The fourth-order valence-electron chi connectivity index (χ4n) is 1.41. The van der Waals surface area contributed by atoms with Gasteiger partial charge in [0.25, 0.3) is 0 Å². The Kier molecular flexibility index (Phi) is 2.31. The number of aromatic hydroxyl groups is 1. The van der Waals surface area contributed by atoms with Crippen LogP contribution >= 0.6 is 11.3 Å². The first-order chi connectivity index (χ1) is 6.77. The Labute approximate surface area is 85.2 Å². The summed E-state index contributed by atoms with van der Waals surface area (Å²) in [4.78, 5) is 0. The van der Waals surface area contributed by atoms with Crippen LogP contribution in [0, 0.1) is 0 Å². The third-order valence-electron chi connectivity index (χ3n) is 2.15. The molecule has 2 rings (SSSR count). The summed E-state index contributed by atoms with van der Waals surface area (Å²) in [7, 11) is 1.56. The number of rotatable bonds is 2. The maximum absolute atomic E-state index is 9.82. The molecule has 3 nitrogen and oxygen atoms in total. The Balaban J connectivity index is 2.77. The Hall–Kier alpha value is -1.26. The topological polar surface area (TPSA) is 49.7 Å². The Morgan fingerprint density at radius 2 is 2.21 bits per heavy atom. The highest BCUT2D eigenvalue weighted by Gasteiger charge is 2.11. The lowest BCUT2D eigenvalue weighted by molar-refractivity contribution is 0.276. The van der Waals surface area contributed by atoms with E-state index in [2.05, 4.69) is 0 Å². The quantitative estimate of drug-likeness (QED) is 0.798. The van der Waals surface area contributed by atoms with Gasteiger partial charge in [-0.25, -0.2) is 0 Å². The number of hydrogen-bond donors (Lipinski definition) is 2. The number of fused-ring (bicyclic) bond motifs is 1. The fraction of sp³-hybridized carbons (Fsp3) is 0.200. The van der Waals surface area contributed by atoms with Crippen LogP contribution in [0.25, 0.3) is 10.1 Å². The standard InChI is InChI=1S/C10H10O3S/c1-13-7-5-14-8-3-2-6(4-11)10(12)9(7)8/h2-3,5,11-12H,4H2,1H3. The molecule has 0 fully saturated rings. The van der Waals surface area contributed by atoms with Crippen molar-refractivity contribution in [3.63, 3.8) is 0 Å². The zero-order valence-electron chi connectivity index (χ0n) is 7.65. The number of benzene rings is 1. The van der Waals surface area contributed by atoms with E-state index in [9.17, 15) is 5.11 Å². The van der Waals surface area contributed by atoms with Gasteiger partial charge in [0.1, 0.15) is 11.5 Å². The van der Waals surface area contributed by atoms with Gasteiger partial charge < -0.3 is 14.9 Å². The lowest BCUT2D eigenvalue weighted by atomic mass is 10.1. The molecule has 74 valence electrons. The summed E-state index contributed by atoms with van der Waals surface area (Å²) < 4.78 is 6.07. The van der Waals surface area contributed by atoms with E-state index in [1.54, 1.807) is 13.2 Å². The van der Waals surface area contributed by atoms with Crippen LogP contribution < -0.4 is 4.74 Å². The van der Waals surface area contributed by atoms with E-state index < -0.39 is 0 Å². The molecular formula is C10H10O3S. The van der Waals surface area contributed by atoms with E-state index in [0.717, 1.165) is 4.70 Å². The Morgan fingerprint density at radius 3 is 2.86 bits per heavy atom. The molecule has 0 saturated carbocycles. The van der Waals surface area contributed by atoms with Crippen LogP contribution in [0.4, 0.5) is 0 Å². The van der Waals surface area contributed by atoms with Gasteiger partial charge in [-0.3, -0.25) is 0 Å². The Morgan fingerprint density at radius 1 is 1.43 bits per heavy atom. The molecule has 0 saturated heterocycles. The highest BCUT2D eigenvalue weighted by atomic mass is 32.1. The molecule has 0 aliphatic heterocycles. The number of aliphatic hydroxyl groups excluding tert-OH is 1. The number of aliphatic hydroxyl groups is 1. The molecule has 0 radical (unpaired) electrons. The van der Waals surface area contributed by atoms with E-state index in [4.69, 9.17) is 9.84 Å². The van der Waals surface area contributed by atoms with Gasteiger partial charge in [-0.2, -0.15) is 0 Å². The predicted octanol–water partition coefficient (Wildman–Crippen LogP) is 2.11. The molecular weight excluding hydrogens is 200 g/mol. The molecule has 4 heteroatoms. The molecule has 0 atom stereocenters. The van der Waals surface area contributed by atoms with Crippen LogP contribution in [0.1, 0.15) is 5.56 Å². The average molecular weight is 210 g/mol. The zero-order chi connectivity index (χ0) is 10.1. The van der Waals surface area contributed by atoms with Crippen LogP contribution in [0.2, 0.25) is 0 Å².